The van der Waals surface area contributed by atoms with Crippen molar-refractivity contribution in [1.29, 1.82) is 0 Å². The van der Waals surface area contributed by atoms with Crippen LogP contribution in [0, 0.1) is 58.2 Å². The highest BCUT2D eigenvalue weighted by Crippen LogP contribution is 2.67. The number of rotatable bonds is 24. The molecule has 0 aromatic heterocycles. The molecule has 0 aliphatic heterocycles. The van der Waals surface area contributed by atoms with Crippen LogP contribution in [-0.4, -0.2) is 73.1 Å². The van der Waals surface area contributed by atoms with Crippen LogP contribution >= 0.6 is 0 Å². The first-order valence-electron chi connectivity index (χ1n) is 29.1. The van der Waals surface area contributed by atoms with Gasteiger partial charge in [-0.15, -0.1) is 0 Å². The number of methoxy groups -OCH3 is 2. The van der Waals surface area contributed by atoms with Gasteiger partial charge in [-0.1, -0.05) is 127 Å². The van der Waals surface area contributed by atoms with Crippen molar-refractivity contribution in [2.45, 2.75) is 180 Å². The maximum absolute atomic E-state index is 14.2. The molecular formula is C65H89NO10. The van der Waals surface area contributed by atoms with Crippen LogP contribution in [0.25, 0.3) is 0 Å². The van der Waals surface area contributed by atoms with Crippen LogP contribution in [0.2, 0.25) is 0 Å². The number of aliphatic carboxylic acids is 1. The molecule has 5 aliphatic rings. The van der Waals surface area contributed by atoms with E-state index in [9.17, 15) is 29.4 Å². The van der Waals surface area contributed by atoms with Gasteiger partial charge in [-0.2, -0.15) is 0 Å². The van der Waals surface area contributed by atoms with E-state index in [2.05, 4.69) is 46.0 Å². The molecule has 76 heavy (non-hydrogen) atoms. The van der Waals surface area contributed by atoms with Gasteiger partial charge in [-0.05, 0) is 158 Å². The van der Waals surface area contributed by atoms with E-state index in [-0.39, 0.29) is 42.7 Å². The van der Waals surface area contributed by atoms with E-state index in [0.717, 1.165) is 72.0 Å². The smallest absolute Gasteiger partial charge is 0.407 e. The lowest BCUT2D eigenvalue weighted by Gasteiger charge is -2.58. The molecule has 8 rings (SSSR count). The first-order chi connectivity index (χ1) is 36.5. The normalized spacial score (nSPS) is 28.7. The molecule has 9 unspecified atom stereocenters. The van der Waals surface area contributed by atoms with Crippen LogP contribution < -0.4 is 14.8 Å². The highest BCUT2D eigenvalue weighted by molar-refractivity contribution is 5.81. The highest BCUT2D eigenvalue weighted by atomic mass is 16.6. The Hall–Kier alpha value is -5.16. The van der Waals surface area contributed by atoms with E-state index >= 15 is 0 Å². The number of aliphatic hydroxyl groups is 1. The second kappa shape index (κ2) is 25.1. The predicted molar refractivity (Wildman–Crippen MR) is 296 cm³/mol. The molecule has 0 radical (unpaired) electrons. The predicted octanol–water partition coefficient (Wildman–Crippen LogP) is 13.5. The fraction of sp³-hybridized carbons (Fsp3) is 0.631. The molecule has 11 nitrogen and oxygen atoms in total. The summed E-state index contributed by atoms with van der Waals surface area (Å²) in [5.41, 5.74) is 3.28. The zero-order chi connectivity index (χ0) is 54.2. The SMILES string of the molecule is COc1ccc(C(c2ccccc2)(c2ccc(OC)cc2)C(O)C2CC(C(=O)CCCCCNC(=O)OC3CC[C@@]4(C)C(=CCC5C4CC[C@@]4(C)C5CC[C@@H]4C(C)CCCC(C)C)C3)CC2OC(=O)CCC(=O)O)cc1. The largest absolute Gasteiger partial charge is 0.497 e. The molecule has 0 saturated heterocycles. The van der Waals surface area contributed by atoms with Gasteiger partial charge in [0.15, 0.2) is 0 Å². The van der Waals surface area contributed by atoms with Gasteiger partial charge in [-0.25, -0.2) is 4.79 Å². The third-order valence-corrected chi connectivity index (χ3v) is 19.9. The summed E-state index contributed by atoms with van der Waals surface area (Å²) in [6.07, 6.45) is 15.6. The van der Waals surface area contributed by atoms with Crippen molar-refractivity contribution in [1.82, 2.24) is 5.32 Å². The summed E-state index contributed by atoms with van der Waals surface area (Å²) < 4.78 is 23.2. The molecule has 11 heteroatoms. The lowest BCUT2D eigenvalue weighted by atomic mass is 9.47. The van der Waals surface area contributed by atoms with Crippen LogP contribution in [0.5, 0.6) is 11.5 Å². The number of benzene rings is 3. The highest BCUT2D eigenvalue weighted by Gasteiger charge is 2.59. The Morgan fingerprint density at radius 1 is 0.724 bits per heavy atom. The van der Waals surface area contributed by atoms with Crippen LogP contribution in [0.1, 0.15) is 173 Å². The lowest BCUT2D eigenvalue weighted by Crippen LogP contribution is -2.51. The quantitative estimate of drug-likeness (QED) is 0.0341. The first-order valence-corrected chi connectivity index (χ1v) is 29.1. The zero-order valence-corrected chi connectivity index (χ0v) is 46.7. The number of amides is 1. The molecule has 4 saturated carbocycles. The minimum atomic E-state index is -1.21. The molecule has 3 aromatic carbocycles. The Morgan fingerprint density at radius 3 is 2.04 bits per heavy atom. The summed E-state index contributed by atoms with van der Waals surface area (Å²) in [5.74, 6) is 3.04. The van der Waals surface area contributed by atoms with Gasteiger partial charge in [0.1, 0.15) is 29.5 Å². The molecule has 12 atom stereocenters. The molecule has 4 fully saturated rings. The number of carbonyl (C=O) groups excluding carboxylic acids is 3. The van der Waals surface area contributed by atoms with E-state index in [1.54, 1.807) is 14.2 Å². The second-order valence-corrected chi connectivity index (χ2v) is 24.6. The van der Waals surface area contributed by atoms with Gasteiger partial charge in [0, 0.05) is 31.2 Å². The number of allylic oxidation sites excluding steroid dienone is 1. The number of carboxylic acid groups (broad SMARTS) is 1. The van der Waals surface area contributed by atoms with Crippen molar-refractivity contribution in [3.05, 3.63) is 107 Å². The Labute approximate surface area is 453 Å². The second-order valence-electron chi connectivity index (χ2n) is 24.6. The number of hydrogen-bond acceptors (Lipinski definition) is 9. The number of ether oxygens (including phenoxy) is 4. The average Bonchev–Trinajstić information content (AvgIpc) is 4.16. The van der Waals surface area contributed by atoms with E-state index in [1.165, 1.54) is 56.9 Å². The van der Waals surface area contributed by atoms with Gasteiger partial charge >= 0.3 is 18.0 Å². The Morgan fingerprint density at radius 2 is 1.39 bits per heavy atom. The van der Waals surface area contributed by atoms with Crippen LogP contribution in [0.4, 0.5) is 4.79 Å². The summed E-state index contributed by atoms with van der Waals surface area (Å²) in [4.78, 5) is 52.1. The summed E-state index contributed by atoms with van der Waals surface area (Å²) >= 11 is 0. The number of carbonyl (C=O) groups is 4. The third kappa shape index (κ3) is 12.2. The lowest BCUT2D eigenvalue weighted by molar-refractivity contribution is -0.156. The molecule has 1 amide bonds. The molecule has 0 bridgehead atoms. The van der Waals surface area contributed by atoms with Crippen LogP contribution in [0.3, 0.4) is 0 Å². The molecular weight excluding hydrogens is 955 g/mol. The monoisotopic (exact) mass is 1040 g/mol. The number of aliphatic hydroxyl groups excluding tert-OH is 1. The van der Waals surface area contributed by atoms with Gasteiger partial charge < -0.3 is 34.5 Å². The molecule has 5 aliphatic carbocycles. The van der Waals surface area contributed by atoms with Crippen molar-refractivity contribution in [3.63, 3.8) is 0 Å². The Balaban J connectivity index is 0.856. The number of esters is 1. The molecule has 0 spiro atoms. The van der Waals surface area contributed by atoms with E-state index in [0.29, 0.717) is 48.6 Å². The molecule has 414 valence electrons. The maximum Gasteiger partial charge on any atom is 0.407 e. The number of alkyl carbamates (subject to hydrolysis) is 1. The number of ketones is 1. The minimum Gasteiger partial charge on any atom is -0.497 e. The average molecular weight is 1040 g/mol. The van der Waals surface area contributed by atoms with Crippen molar-refractivity contribution < 1.29 is 48.3 Å². The molecule has 3 aromatic rings. The van der Waals surface area contributed by atoms with Crippen molar-refractivity contribution in [2.75, 3.05) is 20.8 Å². The number of nitrogens with one attached hydrogen (secondary N) is 1. The maximum atomic E-state index is 14.2. The van der Waals surface area contributed by atoms with E-state index in [4.69, 9.17) is 18.9 Å². The van der Waals surface area contributed by atoms with Crippen LogP contribution in [-0.2, 0) is 29.3 Å². The minimum absolute atomic E-state index is 0.0253. The number of carboxylic acids is 1. The molecule has 3 N–H and O–H groups in total. The van der Waals surface area contributed by atoms with E-state index < -0.39 is 47.8 Å². The summed E-state index contributed by atoms with van der Waals surface area (Å²) in [7, 11) is 3.19. The van der Waals surface area contributed by atoms with Gasteiger partial charge in [0.25, 0.3) is 0 Å². The van der Waals surface area contributed by atoms with Gasteiger partial charge in [0.2, 0.25) is 0 Å². The third-order valence-electron chi connectivity index (χ3n) is 19.9. The molecule has 0 heterocycles. The topological polar surface area (TPSA) is 158 Å². The van der Waals surface area contributed by atoms with Crippen LogP contribution in [0.15, 0.2) is 90.5 Å². The number of hydrogen-bond donors (Lipinski definition) is 3. The fourth-order valence-electron chi connectivity index (χ4n) is 15.9. The fourth-order valence-corrected chi connectivity index (χ4v) is 15.9. The number of unbranched alkanes of at least 4 members (excludes halogenated alkanes) is 2. The number of Topliss-reactive ketones (excluding diaryl/α,β-unsaturated/α-hetero) is 1. The summed E-state index contributed by atoms with van der Waals surface area (Å²) in [5, 5.41) is 25.5. The summed E-state index contributed by atoms with van der Waals surface area (Å²) in [6, 6.07) is 24.8. The van der Waals surface area contributed by atoms with Gasteiger partial charge in [0.05, 0.1) is 38.6 Å². The summed E-state index contributed by atoms with van der Waals surface area (Å²) in [6.45, 7) is 12.9. The van der Waals surface area contributed by atoms with Gasteiger partial charge in [-0.3, -0.25) is 14.4 Å². The van der Waals surface area contributed by atoms with Crippen molar-refractivity contribution in [3.8, 4) is 11.5 Å². The van der Waals surface area contributed by atoms with Crippen molar-refractivity contribution in [2.24, 2.45) is 58.2 Å². The number of fused-ring (bicyclic) bond motifs is 5. The standard InChI is InChI=1S/C65H89NO10/c1-42(2)15-14-16-43(3)54-30-31-55-52-29-24-48-41-51(34-36-63(48,4)56(52)35-37-64(54,55)5)75-62(72)66-38-13-9-12-19-57(67)44-39-53(58(40-44)76-60(70)33-32-59(68)69)61(71)65(45-17-10-8-11-18-45,46-20-25-49(73-6)26-21-46)47-22-27-50(74-7)28-23-47/h8,10-11,17-18,20-28,42-44,51-56,58,61,71H,9,12-16,19,29-41H2,1-7H3,(H,66,72)(H,68,69)/t43?,44?,51?,52?,53?,54-,55?,56?,58?,61?,63+,64-/m1/s1. The first kappa shape index (κ1) is 57.0. The van der Waals surface area contributed by atoms with Crippen molar-refractivity contribution >= 4 is 23.8 Å². The Kier molecular flexibility index (Phi) is 18.8. The van der Waals surface area contributed by atoms with E-state index in [1.807, 2.05) is 78.9 Å². The Bertz CT molecular complexity index is 2400. The zero-order valence-electron chi connectivity index (χ0n) is 46.7.